The summed E-state index contributed by atoms with van der Waals surface area (Å²) in [6.45, 7) is 7.98. The van der Waals surface area contributed by atoms with Crippen LogP contribution in [0.1, 0.15) is 64.7 Å². The van der Waals surface area contributed by atoms with Crippen LogP contribution >= 0.6 is 23.2 Å². The lowest BCUT2D eigenvalue weighted by atomic mass is 9.58. The molecule has 0 radical (unpaired) electrons. The minimum Gasteiger partial charge on any atom is -0.491 e. The first-order valence-corrected chi connectivity index (χ1v) is 24.9. The minimum atomic E-state index is -0.495. The van der Waals surface area contributed by atoms with Crippen LogP contribution < -0.4 is 31.2 Å². The van der Waals surface area contributed by atoms with Crippen molar-refractivity contribution in [3.63, 3.8) is 0 Å². The van der Waals surface area contributed by atoms with Crippen molar-refractivity contribution in [1.29, 1.82) is 0 Å². The SMILES string of the molecule is CC/C=C/C(=O)Nc1cc2c(Nc3ccc(F)c(Cl)c3)ncnc2cc1OCC1CC2(CCN(C)CC2)C1.CN1CCC2(CC1)CC(COc1cc3ncnc(Nc4ccc(F)c(Cl)c4)c3cc1N)C2. The highest BCUT2D eigenvalue weighted by atomic mass is 35.5. The summed E-state index contributed by atoms with van der Waals surface area (Å²) in [6, 6.07) is 16.1. The van der Waals surface area contributed by atoms with Gasteiger partial charge < -0.3 is 41.0 Å². The highest BCUT2D eigenvalue weighted by Crippen LogP contribution is 2.54. The Kier molecular flexibility index (Phi) is 14.9. The molecule has 70 heavy (non-hydrogen) atoms. The van der Waals surface area contributed by atoms with Crippen LogP contribution in [0.4, 0.5) is 43.2 Å². The summed E-state index contributed by atoms with van der Waals surface area (Å²) in [5.41, 5.74) is 11.0. The van der Waals surface area contributed by atoms with Gasteiger partial charge in [-0.2, -0.15) is 0 Å². The highest BCUT2D eigenvalue weighted by Gasteiger charge is 2.46. The molecule has 0 bridgehead atoms. The van der Waals surface area contributed by atoms with Gasteiger partial charge in [0, 0.05) is 34.3 Å². The predicted molar refractivity (Wildman–Crippen MR) is 276 cm³/mol. The Labute approximate surface area is 417 Å². The number of ether oxygens (including phenoxy) is 2. The molecule has 2 saturated heterocycles. The average molecular weight is 994 g/mol. The largest absolute Gasteiger partial charge is 0.491 e. The van der Waals surface area contributed by atoms with Gasteiger partial charge in [0.05, 0.1) is 45.7 Å². The number of nitrogens with zero attached hydrogens (tertiary/aromatic N) is 6. The molecule has 13 nitrogen and oxygen atoms in total. The third-order valence-corrected chi connectivity index (χ3v) is 15.1. The Morgan fingerprint density at radius 2 is 1.19 bits per heavy atom. The summed E-state index contributed by atoms with van der Waals surface area (Å²) in [4.78, 5) is 34.9. The zero-order valence-electron chi connectivity index (χ0n) is 39.8. The van der Waals surface area contributed by atoms with E-state index < -0.39 is 11.6 Å². The number of hydrogen-bond donors (Lipinski definition) is 4. The van der Waals surface area contributed by atoms with E-state index in [4.69, 9.17) is 38.4 Å². The molecule has 2 spiro atoms. The van der Waals surface area contributed by atoms with E-state index in [0.717, 1.165) is 17.3 Å². The van der Waals surface area contributed by atoms with Crippen molar-refractivity contribution < 1.29 is 23.0 Å². The molecule has 4 aliphatic rings. The summed E-state index contributed by atoms with van der Waals surface area (Å²) in [7, 11) is 4.39. The van der Waals surface area contributed by atoms with E-state index in [-0.39, 0.29) is 16.0 Å². The number of nitrogen functional groups attached to an aromatic ring is 1. The summed E-state index contributed by atoms with van der Waals surface area (Å²) in [6.07, 6.45) is 17.0. The Balaban J connectivity index is 0.000000176. The van der Waals surface area contributed by atoms with Gasteiger partial charge in [0.2, 0.25) is 5.91 Å². The minimum absolute atomic E-state index is 0.0118. The second kappa shape index (κ2) is 21.2. The van der Waals surface area contributed by atoms with E-state index in [1.54, 1.807) is 18.2 Å². The van der Waals surface area contributed by atoms with Crippen molar-refractivity contribution in [1.82, 2.24) is 29.7 Å². The number of amides is 1. The molecule has 2 aliphatic heterocycles. The van der Waals surface area contributed by atoms with Gasteiger partial charge in [-0.3, -0.25) is 4.79 Å². The van der Waals surface area contributed by atoms with Crippen LogP contribution in [0.3, 0.4) is 0 Å². The quantitative estimate of drug-likeness (QED) is 0.0643. The zero-order valence-corrected chi connectivity index (χ0v) is 41.4. The van der Waals surface area contributed by atoms with Gasteiger partial charge in [0.25, 0.3) is 0 Å². The number of rotatable bonds is 13. The van der Waals surface area contributed by atoms with Crippen molar-refractivity contribution in [2.45, 2.75) is 64.7 Å². The number of anilines is 6. The molecule has 4 aromatic carbocycles. The van der Waals surface area contributed by atoms with Crippen molar-refractivity contribution in [2.24, 2.45) is 22.7 Å². The summed E-state index contributed by atoms with van der Waals surface area (Å²) in [5.74, 6) is 2.19. The van der Waals surface area contributed by atoms with E-state index >= 15 is 0 Å². The fraction of sp³-hybridized carbons (Fsp3) is 0.415. The average Bonchev–Trinajstić information content (AvgIpc) is 3.32. The molecule has 2 aromatic heterocycles. The van der Waals surface area contributed by atoms with Crippen LogP contribution in [0.5, 0.6) is 11.5 Å². The number of allylic oxidation sites excluding steroid dienone is 1. The third kappa shape index (κ3) is 11.5. The number of carbonyl (C=O) groups excluding carboxylic acids is 1. The zero-order chi connectivity index (χ0) is 49.0. The van der Waals surface area contributed by atoms with E-state index in [0.29, 0.717) is 92.7 Å². The van der Waals surface area contributed by atoms with Gasteiger partial charge in [-0.25, -0.2) is 28.7 Å². The van der Waals surface area contributed by atoms with E-state index in [2.05, 4.69) is 59.8 Å². The molecule has 0 atom stereocenters. The van der Waals surface area contributed by atoms with Crippen LogP contribution in [0, 0.1) is 34.3 Å². The van der Waals surface area contributed by atoms with E-state index in [9.17, 15) is 13.6 Å². The first kappa shape index (κ1) is 49.1. The normalized spacial score (nSPS) is 18.0. The molecule has 4 fully saturated rings. The van der Waals surface area contributed by atoms with Gasteiger partial charge in [-0.1, -0.05) is 36.2 Å². The topological polar surface area (TPSA) is 156 Å². The first-order chi connectivity index (χ1) is 33.7. The number of fused-ring (bicyclic) bond motifs is 2. The molecule has 5 N–H and O–H groups in total. The number of likely N-dealkylation sites (tertiary alicyclic amines) is 2. The summed E-state index contributed by atoms with van der Waals surface area (Å²) < 4.78 is 39.5. The van der Waals surface area contributed by atoms with Gasteiger partial charge in [-0.15, -0.1) is 0 Å². The number of carbonyl (C=O) groups is 1. The molecule has 4 heterocycles. The monoisotopic (exact) mass is 992 g/mol. The molecule has 368 valence electrons. The molecule has 17 heteroatoms. The van der Waals surface area contributed by atoms with Gasteiger partial charge >= 0.3 is 0 Å². The number of piperidine rings is 2. The van der Waals surface area contributed by atoms with Gasteiger partial charge in [-0.05, 0) is 175 Å². The predicted octanol–water partition coefficient (Wildman–Crippen LogP) is 11.8. The van der Waals surface area contributed by atoms with Crippen LogP contribution in [0.2, 0.25) is 10.0 Å². The van der Waals surface area contributed by atoms with Crippen molar-refractivity contribution >= 4 is 85.3 Å². The van der Waals surface area contributed by atoms with Crippen LogP contribution in [0.15, 0.2) is 85.5 Å². The van der Waals surface area contributed by atoms with Crippen molar-refractivity contribution in [3.8, 4) is 11.5 Å². The Morgan fingerprint density at radius 1 is 0.714 bits per heavy atom. The lowest BCUT2D eigenvalue weighted by Gasteiger charge is -2.51. The number of nitrogens with two attached hydrogens (primary N) is 1. The standard InChI is InChI=1S/C29H33ClFN5O2.C24H27ClFN5O/c1-3-4-5-27(37)35-25-13-21-24(32-18-33-28(21)34-20-6-7-23(31)22(30)12-20)14-26(25)38-17-19-15-29(16-19)8-10-36(2)11-9-29;1-31-6-4-24(5-7-31)11-15(12-24)13-32-22-10-21-17(9-20(22)27)23(29-14-28-21)30-16-2-3-19(26)18(25)8-16/h4-7,12-14,18-19H,3,8-11,15-17H2,1-2H3,(H,35,37)(H,32,33,34);2-3,8-10,14-15H,4-7,11-13,27H2,1H3,(H,28,29,30)/b5-4+;. The summed E-state index contributed by atoms with van der Waals surface area (Å²) in [5, 5.41) is 10.8. The highest BCUT2D eigenvalue weighted by molar-refractivity contribution is 6.31. The smallest absolute Gasteiger partial charge is 0.248 e. The Bertz CT molecular complexity index is 2880. The Hall–Kier alpha value is -5.87. The maximum atomic E-state index is 13.6. The number of halogens is 4. The first-order valence-electron chi connectivity index (χ1n) is 24.1. The summed E-state index contributed by atoms with van der Waals surface area (Å²) >= 11 is 11.8. The van der Waals surface area contributed by atoms with Crippen LogP contribution in [0.25, 0.3) is 21.8 Å². The maximum Gasteiger partial charge on any atom is 0.248 e. The fourth-order valence-corrected chi connectivity index (χ4v) is 10.9. The van der Waals surface area contributed by atoms with Gasteiger partial charge in [0.1, 0.15) is 47.4 Å². The second-order valence-electron chi connectivity index (χ2n) is 19.8. The van der Waals surface area contributed by atoms with E-state index in [1.807, 2.05) is 31.2 Å². The lowest BCUT2D eigenvalue weighted by Crippen LogP contribution is -2.47. The molecule has 2 aliphatic carbocycles. The van der Waals surface area contributed by atoms with Crippen molar-refractivity contribution in [3.05, 3.63) is 107 Å². The van der Waals surface area contributed by atoms with Gasteiger partial charge in [0.15, 0.2) is 0 Å². The van der Waals surface area contributed by atoms with Crippen LogP contribution in [-0.2, 0) is 4.79 Å². The molecular formula is C53H60Cl2F2N10O3. The number of benzene rings is 4. The molecule has 0 unspecified atom stereocenters. The molecular weight excluding hydrogens is 934 g/mol. The van der Waals surface area contributed by atoms with Crippen LogP contribution in [-0.4, -0.2) is 89.1 Å². The fourth-order valence-electron chi connectivity index (χ4n) is 10.5. The number of aromatic nitrogens is 4. The molecule has 1 amide bonds. The maximum absolute atomic E-state index is 13.6. The lowest BCUT2D eigenvalue weighted by molar-refractivity contribution is -0.111. The third-order valence-electron chi connectivity index (χ3n) is 14.6. The van der Waals surface area contributed by atoms with E-state index in [1.165, 1.54) is 121 Å². The number of hydrogen-bond acceptors (Lipinski definition) is 12. The molecule has 6 aromatic rings. The van der Waals surface area contributed by atoms with Crippen molar-refractivity contribution in [2.75, 3.05) is 75.2 Å². The second-order valence-corrected chi connectivity index (χ2v) is 20.6. The molecule has 2 saturated carbocycles. The number of nitrogens with one attached hydrogen (secondary N) is 3. The Morgan fingerprint density at radius 3 is 1.67 bits per heavy atom. The molecule has 10 rings (SSSR count).